The Kier molecular flexibility index (Phi) is 5.83. The molecule has 1 amide bonds. The van der Waals surface area contributed by atoms with E-state index in [9.17, 15) is 4.79 Å². The van der Waals surface area contributed by atoms with Crippen molar-refractivity contribution in [2.45, 2.75) is 57.9 Å². The highest BCUT2D eigenvalue weighted by molar-refractivity contribution is 5.87. The molecule has 0 aromatic rings. The van der Waals surface area contributed by atoms with Crippen molar-refractivity contribution in [3.05, 3.63) is 0 Å². The Labute approximate surface area is 121 Å². The molecule has 5 heteroatoms. The number of carbonyl (C=O) groups is 1. The molecule has 1 saturated heterocycles. The maximum absolute atomic E-state index is 12.1. The average molecular weight is 281 g/mol. The summed E-state index contributed by atoms with van der Waals surface area (Å²) in [6, 6.07) is 0.387. The van der Waals surface area contributed by atoms with Crippen molar-refractivity contribution in [3.63, 3.8) is 0 Å². The molecule has 5 nitrogen and oxygen atoms in total. The monoisotopic (exact) mass is 281 g/mol. The summed E-state index contributed by atoms with van der Waals surface area (Å²) in [5.41, 5.74) is 0.886. The van der Waals surface area contributed by atoms with Crippen molar-refractivity contribution in [2.75, 3.05) is 19.6 Å². The van der Waals surface area contributed by atoms with Gasteiger partial charge in [0.05, 0.1) is 12.3 Å². The van der Waals surface area contributed by atoms with Gasteiger partial charge in [-0.15, -0.1) is 0 Å². The number of rotatable bonds is 4. The predicted octanol–water partition coefficient (Wildman–Crippen LogP) is 2.00. The quantitative estimate of drug-likeness (QED) is 0.612. The molecule has 1 unspecified atom stereocenters. The van der Waals surface area contributed by atoms with Gasteiger partial charge >= 0.3 is 0 Å². The maximum Gasteiger partial charge on any atom is 0.234 e. The highest BCUT2D eigenvalue weighted by Crippen LogP contribution is 2.19. The zero-order chi connectivity index (χ0) is 14.4. The van der Waals surface area contributed by atoms with Crippen LogP contribution >= 0.6 is 0 Å². The molecule has 1 aliphatic heterocycles. The van der Waals surface area contributed by atoms with Crippen LogP contribution in [-0.4, -0.2) is 47.4 Å². The lowest BCUT2D eigenvalue weighted by Crippen LogP contribution is -2.47. The molecule has 0 aromatic heterocycles. The molecule has 1 saturated carbocycles. The van der Waals surface area contributed by atoms with Crippen LogP contribution in [0.2, 0.25) is 0 Å². The number of nitrogens with zero attached hydrogens (tertiary/aromatic N) is 2. The zero-order valence-electron chi connectivity index (χ0n) is 12.5. The fourth-order valence-corrected chi connectivity index (χ4v) is 3.35. The summed E-state index contributed by atoms with van der Waals surface area (Å²) in [6.07, 6.45) is 7.77. The third-order valence-corrected chi connectivity index (χ3v) is 4.59. The van der Waals surface area contributed by atoms with Crippen molar-refractivity contribution >= 4 is 11.6 Å². The highest BCUT2D eigenvalue weighted by atomic mass is 16.4. The summed E-state index contributed by atoms with van der Waals surface area (Å²) in [4.78, 5) is 14.3. The number of nitrogens with one attached hydrogen (secondary N) is 1. The zero-order valence-corrected chi connectivity index (χ0v) is 12.5. The van der Waals surface area contributed by atoms with E-state index in [0.717, 1.165) is 44.5 Å². The fraction of sp³-hybridized carbons (Fsp3) is 0.867. The lowest BCUT2D eigenvalue weighted by molar-refractivity contribution is -0.123. The van der Waals surface area contributed by atoms with Crippen LogP contribution < -0.4 is 5.32 Å². The van der Waals surface area contributed by atoms with Crippen LogP contribution in [0.5, 0.6) is 0 Å². The van der Waals surface area contributed by atoms with Crippen molar-refractivity contribution in [1.82, 2.24) is 10.2 Å². The molecule has 2 aliphatic rings. The van der Waals surface area contributed by atoms with Gasteiger partial charge in [0.2, 0.25) is 5.91 Å². The lowest BCUT2D eigenvalue weighted by atomic mass is 9.93. The van der Waals surface area contributed by atoms with E-state index < -0.39 is 0 Å². The average Bonchev–Trinajstić information content (AvgIpc) is 2.48. The normalized spacial score (nSPS) is 27.6. The maximum atomic E-state index is 12.1. The minimum atomic E-state index is 0.149. The summed E-state index contributed by atoms with van der Waals surface area (Å²) in [7, 11) is 0. The van der Waals surface area contributed by atoms with Crippen molar-refractivity contribution < 1.29 is 10.0 Å². The number of piperidine rings is 1. The molecule has 1 heterocycles. The summed E-state index contributed by atoms with van der Waals surface area (Å²) >= 11 is 0. The van der Waals surface area contributed by atoms with Gasteiger partial charge in [-0.3, -0.25) is 9.69 Å². The molecule has 1 atom stereocenters. The van der Waals surface area contributed by atoms with E-state index in [0.29, 0.717) is 12.6 Å². The topological polar surface area (TPSA) is 64.9 Å². The van der Waals surface area contributed by atoms with Gasteiger partial charge in [-0.05, 0) is 19.3 Å². The minimum Gasteiger partial charge on any atom is -0.411 e. The van der Waals surface area contributed by atoms with E-state index in [1.807, 2.05) is 0 Å². The molecule has 2 N–H and O–H groups in total. The Bertz CT molecular complexity index is 351. The lowest BCUT2D eigenvalue weighted by Gasteiger charge is -2.33. The summed E-state index contributed by atoms with van der Waals surface area (Å²) in [5, 5.41) is 15.5. The van der Waals surface area contributed by atoms with Gasteiger partial charge in [-0.1, -0.05) is 31.3 Å². The number of hydrogen-bond donors (Lipinski definition) is 2. The first-order valence-electron chi connectivity index (χ1n) is 7.95. The predicted molar refractivity (Wildman–Crippen MR) is 79.1 cm³/mol. The van der Waals surface area contributed by atoms with Crippen LogP contribution in [0.3, 0.4) is 0 Å². The van der Waals surface area contributed by atoms with Crippen LogP contribution in [0.25, 0.3) is 0 Å². The third-order valence-electron chi connectivity index (χ3n) is 4.59. The first kappa shape index (κ1) is 15.3. The largest absolute Gasteiger partial charge is 0.411 e. The number of amides is 1. The Balaban J connectivity index is 1.76. The second-order valence-corrected chi connectivity index (χ2v) is 6.08. The second-order valence-electron chi connectivity index (χ2n) is 6.08. The smallest absolute Gasteiger partial charge is 0.234 e. The van der Waals surface area contributed by atoms with E-state index in [1.165, 1.54) is 19.3 Å². The Morgan fingerprint density at radius 2 is 2.15 bits per heavy atom. The van der Waals surface area contributed by atoms with Crippen molar-refractivity contribution in [1.29, 1.82) is 0 Å². The summed E-state index contributed by atoms with van der Waals surface area (Å²) < 4.78 is 0. The molecule has 2 fully saturated rings. The number of likely N-dealkylation sites (tertiary alicyclic amines) is 1. The molecule has 20 heavy (non-hydrogen) atoms. The third kappa shape index (κ3) is 4.20. The summed E-state index contributed by atoms with van der Waals surface area (Å²) in [5.74, 6) is 0.437. The first-order valence-corrected chi connectivity index (χ1v) is 7.95. The van der Waals surface area contributed by atoms with E-state index in [1.54, 1.807) is 0 Å². The van der Waals surface area contributed by atoms with Gasteiger partial charge in [0.25, 0.3) is 0 Å². The van der Waals surface area contributed by atoms with E-state index in [2.05, 4.69) is 22.3 Å². The van der Waals surface area contributed by atoms with Crippen LogP contribution in [0.4, 0.5) is 0 Å². The van der Waals surface area contributed by atoms with Crippen molar-refractivity contribution in [2.24, 2.45) is 11.1 Å². The van der Waals surface area contributed by atoms with Gasteiger partial charge in [0.1, 0.15) is 0 Å². The molecule has 0 spiro atoms. The number of hydrogen-bond acceptors (Lipinski definition) is 4. The van der Waals surface area contributed by atoms with Gasteiger partial charge in [-0.2, -0.15) is 0 Å². The second kappa shape index (κ2) is 7.62. The van der Waals surface area contributed by atoms with Crippen LogP contribution in [0.1, 0.15) is 51.9 Å². The highest BCUT2D eigenvalue weighted by Gasteiger charge is 2.26. The molecular formula is C15H27N3O2. The van der Waals surface area contributed by atoms with Crippen LogP contribution in [0.15, 0.2) is 5.16 Å². The molecule has 114 valence electrons. The Morgan fingerprint density at radius 1 is 1.40 bits per heavy atom. The fourth-order valence-electron chi connectivity index (χ4n) is 3.35. The van der Waals surface area contributed by atoms with Crippen molar-refractivity contribution in [3.8, 4) is 0 Å². The molecule has 0 aromatic carbocycles. The summed E-state index contributed by atoms with van der Waals surface area (Å²) in [6.45, 7) is 4.22. The van der Waals surface area contributed by atoms with Gasteiger partial charge in [0.15, 0.2) is 0 Å². The van der Waals surface area contributed by atoms with E-state index in [-0.39, 0.29) is 11.8 Å². The van der Waals surface area contributed by atoms with E-state index in [4.69, 9.17) is 5.21 Å². The standard InChI is InChI=1S/C15H27N3O2/c1-2-12-10-18(9-8-14(12)17-20)11-15(19)16-13-6-4-3-5-7-13/h12-13,20H,2-11H2,1H3,(H,16,19). The number of oxime groups is 1. The van der Waals surface area contributed by atoms with Gasteiger partial charge in [-0.25, -0.2) is 0 Å². The Morgan fingerprint density at radius 3 is 2.80 bits per heavy atom. The van der Waals surface area contributed by atoms with Gasteiger partial charge in [0, 0.05) is 31.5 Å². The van der Waals surface area contributed by atoms with E-state index >= 15 is 0 Å². The molecular weight excluding hydrogens is 254 g/mol. The van der Waals surface area contributed by atoms with Gasteiger partial charge < -0.3 is 10.5 Å². The minimum absolute atomic E-state index is 0.149. The molecule has 0 bridgehead atoms. The molecule has 2 rings (SSSR count). The number of carbonyl (C=O) groups excluding carboxylic acids is 1. The SMILES string of the molecule is CCC1CN(CC(=O)NC2CCCCC2)CCC1=NO. The Hall–Kier alpha value is -1.10. The van der Waals surface area contributed by atoms with Crippen LogP contribution in [-0.2, 0) is 4.79 Å². The molecule has 1 aliphatic carbocycles. The first-order chi connectivity index (χ1) is 9.72. The molecule has 0 radical (unpaired) electrons. The van der Waals surface area contributed by atoms with Crippen LogP contribution in [0, 0.1) is 5.92 Å².